The number of carbonyl (C=O) groups excluding carboxylic acids is 4. The smallest absolute Gasteiger partial charge is 0.243 e. The number of rotatable bonds is 13. The Bertz CT molecular complexity index is 497. The molecule has 0 spiro atoms. The Morgan fingerprint density at radius 3 is 1.78 bits per heavy atom. The van der Waals surface area contributed by atoms with Crippen molar-refractivity contribution in [1.29, 1.82) is 0 Å². The van der Waals surface area contributed by atoms with Crippen LogP contribution in [0.15, 0.2) is 0 Å². The lowest BCUT2D eigenvalue weighted by Crippen LogP contribution is -2.55. The van der Waals surface area contributed by atoms with E-state index in [9.17, 15) is 19.2 Å². The third kappa shape index (κ3) is 11.7. The van der Waals surface area contributed by atoms with Crippen molar-refractivity contribution in [2.24, 2.45) is 11.8 Å². The largest absolute Gasteiger partial charge is 0.345 e. The van der Waals surface area contributed by atoms with Gasteiger partial charge in [-0.15, -0.1) is 0 Å². The molecule has 0 aromatic carbocycles. The maximum Gasteiger partial charge on any atom is 0.243 e. The van der Waals surface area contributed by atoms with E-state index in [1.54, 1.807) is 11.8 Å². The maximum atomic E-state index is 12.7. The zero-order valence-electron chi connectivity index (χ0n) is 17.3. The first-order valence-electron chi connectivity index (χ1n) is 9.42. The van der Waals surface area contributed by atoms with E-state index in [0.29, 0.717) is 19.3 Å². The Hall–Kier alpha value is -1.57. The van der Waals surface area contributed by atoms with Crippen LogP contribution in [0.3, 0.4) is 0 Å². The first-order chi connectivity index (χ1) is 12.6. The summed E-state index contributed by atoms with van der Waals surface area (Å²) < 4.78 is 0. The minimum atomic E-state index is -0.752. The number of hydrogen-bond acceptors (Lipinski definition) is 5. The summed E-state index contributed by atoms with van der Waals surface area (Å²) in [6.07, 6.45) is 4.12. The van der Waals surface area contributed by atoms with Crippen molar-refractivity contribution in [3.8, 4) is 0 Å². The molecule has 0 aliphatic heterocycles. The van der Waals surface area contributed by atoms with E-state index < -0.39 is 18.1 Å². The van der Waals surface area contributed by atoms with Gasteiger partial charge in [0.1, 0.15) is 18.4 Å². The number of amides is 3. The zero-order chi connectivity index (χ0) is 21.0. The van der Waals surface area contributed by atoms with Crippen molar-refractivity contribution < 1.29 is 19.2 Å². The third-order valence-corrected chi connectivity index (χ3v) is 4.51. The lowest BCUT2D eigenvalue weighted by molar-refractivity contribution is -0.133. The molecule has 7 nitrogen and oxygen atoms in total. The van der Waals surface area contributed by atoms with Gasteiger partial charge in [-0.1, -0.05) is 27.7 Å². The number of aldehydes is 1. The van der Waals surface area contributed by atoms with Gasteiger partial charge in [0.15, 0.2) is 0 Å². The lowest BCUT2D eigenvalue weighted by atomic mass is 10.00. The van der Waals surface area contributed by atoms with Crippen LogP contribution < -0.4 is 16.0 Å². The van der Waals surface area contributed by atoms with Gasteiger partial charge in [-0.25, -0.2) is 0 Å². The van der Waals surface area contributed by atoms with Gasteiger partial charge in [0.25, 0.3) is 0 Å². The quantitative estimate of drug-likeness (QED) is 0.406. The fraction of sp³-hybridized carbons (Fsp3) is 0.789. The molecule has 0 aromatic rings. The molecule has 3 amide bonds. The molecule has 3 N–H and O–H groups in total. The van der Waals surface area contributed by atoms with E-state index in [1.165, 1.54) is 6.92 Å². The van der Waals surface area contributed by atoms with Gasteiger partial charge in [0.2, 0.25) is 17.7 Å². The highest BCUT2D eigenvalue weighted by Gasteiger charge is 2.28. The van der Waals surface area contributed by atoms with Crippen LogP contribution in [0.5, 0.6) is 0 Å². The van der Waals surface area contributed by atoms with Gasteiger partial charge in [-0.3, -0.25) is 14.4 Å². The molecule has 3 atom stereocenters. The van der Waals surface area contributed by atoms with Gasteiger partial charge in [-0.2, -0.15) is 11.8 Å². The van der Waals surface area contributed by atoms with Crippen molar-refractivity contribution in [2.45, 2.75) is 72.0 Å². The average molecular weight is 402 g/mol. The molecule has 0 saturated heterocycles. The Kier molecular flexibility index (Phi) is 12.8. The van der Waals surface area contributed by atoms with Gasteiger partial charge in [-0.05, 0) is 43.1 Å². The molecule has 8 heteroatoms. The summed E-state index contributed by atoms with van der Waals surface area (Å²) in [5.74, 6) is 0.0814. The predicted octanol–water partition coefficient (Wildman–Crippen LogP) is 1.50. The molecule has 156 valence electrons. The molecule has 0 fully saturated rings. The molecule has 0 aliphatic rings. The van der Waals surface area contributed by atoms with Gasteiger partial charge in [0, 0.05) is 6.92 Å². The van der Waals surface area contributed by atoms with E-state index >= 15 is 0 Å². The fourth-order valence-corrected chi connectivity index (χ4v) is 3.12. The van der Waals surface area contributed by atoms with Crippen LogP contribution in [0.1, 0.15) is 53.9 Å². The summed E-state index contributed by atoms with van der Waals surface area (Å²) in [6.45, 7) is 9.19. The monoisotopic (exact) mass is 401 g/mol. The molecule has 0 saturated carbocycles. The molecule has 0 radical (unpaired) electrons. The Morgan fingerprint density at radius 1 is 0.889 bits per heavy atom. The summed E-state index contributed by atoms with van der Waals surface area (Å²) in [7, 11) is 0. The number of hydrogen-bond donors (Lipinski definition) is 3. The van der Waals surface area contributed by atoms with Gasteiger partial charge in [0.05, 0.1) is 6.04 Å². The van der Waals surface area contributed by atoms with Crippen LogP contribution in [-0.4, -0.2) is 54.1 Å². The van der Waals surface area contributed by atoms with Crippen LogP contribution >= 0.6 is 11.8 Å². The highest BCUT2D eigenvalue weighted by molar-refractivity contribution is 7.98. The number of nitrogens with one attached hydrogen (secondary N) is 3. The van der Waals surface area contributed by atoms with Crippen LogP contribution in [0.25, 0.3) is 0 Å². The number of carbonyl (C=O) groups is 4. The third-order valence-electron chi connectivity index (χ3n) is 3.87. The van der Waals surface area contributed by atoms with E-state index in [2.05, 4.69) is 16.0 Å². The molecule has 0 rings (SSSR count). The standard InChI is InChI=1S/C19H35N3O4S/c1-12(2)9-16(20-14(5)24)19(26)22-17(10-13(3)4)18(25)21-15(11-23)7-8-27-6/h11-13,15-17H,7-10H2,1-6H3,(H,20,24)(H,21,25)(H,22,26)/t15-,16-,17?/m0/s1. The lowest BCUT2D eigenvalue weighted by Gasteiger charge is -2.25. The van der Waals surface area contributed by atoms with E-state index in [0.717, 1.165) is 12.0 Å². The van der Waals surface area contributed by atoms with Gasteiger partial charge >= 0.3 is 0 Å². The van der Waals surface area contributed by atoms with Gasteiger partial charge < -0.3 is 20.7 Å². The second-order valence-corrected chi connectivity index (χ2v) is 8.59. The van der Waals surface area contributed by atoms with Crippen molar-refractivity contribution in [3.05, 3.63) is 0 Å². The summed E-state index contributed by atoms with van der Waals surface area (Å²) in [5, 5.41) is 8.11. The fourth-order valence-electron chi connectivity index (χ4n) is 2.63. The molecule has 27 heavy (non-hydrogen) atoms. The van der Waals surface area contributed by atoms with E-state index in [-0.39, 0.29) is 29.6 Å². The Balaban J connectivity index is 5.14. The summed E-state index contributed by atoms with van der Waals surface area (Å²) in [4.78, 5) is 47.9. The Labute approximate surface area is 167 Å². The summed E-state index contributed by atoms with van der Waals surface area (Å²) >= 11 is 1.60. The zero-order valence-corrected chi connectivity index (χ0v) is 18.2. The molecule has 0 aliphatic carbocycles. The normalized spacial score (nSPS) is 14.4. The predicted molar refractivity (Wildman–Crippen MR) is 109 cm³/mol. The highest BCUT2D eigenvalue weighted by atomic mass is 32.2. The topological polar surface area (TPSA) is 104 Å². The minimum Gasteiger partial charge on any atom is -0.345 e. The van der Waals surface area contributed by atoms with Crippen molar-refractivity contribution in [2.75, 3.05) is 12.0 Å². The molecular formula is C19H35N3O4S. The molecule has 0 heterocycles. The summed E-state index contributed by atoms with van der Waals surface area (Å²) in [6, 6.07) is -2.01. The first kappa shape index (κ1) is 25.4. The highest BCUT2D eigenvalue weighted by Crippen LogP contribution is 2.09. The molecule has 0 bridgehead atoms. The second kappa shape index (κ2) is 13.6. The second-order valence-electron chi connectivity index (χ2n) is 7.61. The van der Waals surface area contributed by atoms with E-state index in [1.807, 2.05) is 34.0 Å². The van der Waals surface area contributed by atoms with Crippen LogP contribution in [0.2, 0.25) is 0 Å². The molecular weight excluding hydrogens is 366 g/mol. The van der Waals surface area contributed by atoms with Crippen LogP contribution in [0.4, 0.5) is 0 Å². The SMILES string of the molecule is CSCC[C@@H](C=O)NC(=O)C(CC(C)C)NC(=O)[C@H](CC(C)C)NC(C)=O. The first-order valence-corrected chi connectivity index (χ1v) is 10.8. The average Bonchev–Trinajstić information content (AvgIpc) is 2.55. The minimum absolute atomic E-state index is 0.172. The summed E-state index contributed by atoms with van der Waals surface area (Å²) in [5.41, 5.74) is 0. The molecule has 0 aromatic heterocycles. The van der Waals surface area contributed by atoms with Crippen molar-refractivity contribution in [1.82, 2.24) is 16.0 Å². The van der Waals surface area contributed by atoms with Crippen molar-refractivity contribution >= 4 is 35.8 Å². The Morgan fingerprint density at radius 2 is 1.37 bits per heavy atom. The van der Waals surface area contributed by atoms with Crippen molar-refractivity contribution in [3.63, 3.8) is 0 Å². The maximum absolute atomic E-state index is 12.7. The van der Waals surface area contributed by atoms with Crippen LogP contribution in [-0.2, 0) is 19.2 Å². The number of thioether (sulfide) groups is 1. The van der Waals surface area contributed by atoms with E-state index in [4.69, 9.17) is 0 Å². The van der Waals surface area contributed by atoms with Crippen LogP contribution in [0, 0.1) is 11.8 Å². The molecule has 1 unspecified atom stereocenters.